The molecular formula is C10H9NO3. The van der Waals surface area contributed by atoms with Crippen LogP contribution in [0, 0.1) is 0 Å². The second kappa shape index (κ2) is 3.14. The van der Waals surface area contributed by atoms with Crippen molar-refractivity contribution in [2.24, 2.45) is 0 Å². The lowest BCUT2D eigenvalue weighted by molar-refractivity contribution is -0.125. The first-order valence-corrected chi connectivity index (χ1v) is 4.29. The van der Waals surface area contributed by atoms with Gasteiger partial charge in [-0.3, -0.25) is 14.9 Å². The van der Waals surface area contributed by atoms with E-state index in [1.165, 1.54) is 0 Å². The van der Waals surface area contributed by atoms with Gasteiger partial charge in [0, 0.05) is 0 Å². The van der Waals surface area contributed by atoms with Gasteiger partial charge in [-0.15, -0.1) is 0 Å². The Bertz CT molecular complexity index is 400. The van der Waals surface area contributed by atoms with E-state index in [0.29, 0.717) is 11.3 Å². The molecule has 1 aromatic rings. The highest BCUT2D eigenvalue weighted by molar-refractivity contribution is 6.08. The van der Waals surface area contributed by atoms with Crippen LogP contribution < -0.4 is 10.1 Å². The summed E-state index contributed by atoms with van der Waals surface area (Å²) >= 11 is 0. The van der Waals surface area contributed by atoms with Crippen molar-refractivity contribution >= 4 is 11.8 Å². The molecule has 2 amide bonds. The topological polar surface area (TPSA) is 55.4 Å². The number of carbonyl (C=O) groups is 2. The van der Waals surface area contributed by atoms with Crippen LogP contribution in [0.2, 0.25) is 0 Å². The lowest BCUT2D eigenvalue weighted by Gasteiger charge is -2.09. The number of imide groups is 1. The fourth-order valence-electron chi connectivity index (χ4n) is 1.28. The van der Waals surface area contributed by atoms with Crippen molar-refractivity contribution in [3.05, 3.63) is 29.8 Å². The van der Waals surface area contributed by atoms with Crippen molar-refractivity contribution in [2.45, 2.75) is 13.0 Å². The molecule has 4 heteroatoms. The molecule has 0 bridgehead atoms. The van der Waals surface area contributed by atoms with Crippen LogP contribution in [-0.2, 0) is 4.79 Å². The first-order chi connectivity index (χ1) is 6.68. The van der Waals surface area contributed by atoms with Crippen LogP contribution in [0.1, 0.15) is 17.3 Å². The average Bonchev–Trinajstić information content (AvgIpc) is 2.27. The van der Waals surface area contributed by atoms with E-state index in [1.54, 1.807) is 31.2 Å². The molecule has 0 aromatic heterocycles. The highest BCUT2D eigenvalue weighted by atomic mass is 16.5. The Hall–Kier alpha value is -1.84. The van der Waals surface area contributed by atoms with Gasteiger partial charge in [0.15, 0.2) is 6.10 Å². The summed E-state index contributed by atoms with van der Waals surface area (Å²) < 4.78 is 5.31. The van der Waals surface area contributed by atoms with E-state index in [4.69, 9.17) is 4.74 Å². The van der Waals surface area contributed by atoms with Gasteiger partial charge in [0.2, 0.25) is 0 Å². The van der Waals surface area contributed by atoms with E-state index in [2.05, 4.69) is 5.32 Å². The summed E-state index contributed by atoms with van der Waals surface area (Å²) in [5, 5.41) is 2.24. The third-order valence-electron chi connectivity index (χ3n) is 2.04. The Morgan fingerprint density at radius 3 is 2.79 bits per heavy atom. The third-order valence-corrected chi connectivity index (χ3v) is 2.04. The quantitative estimate of drug-likeness (QED) is 0.615. The van der Waals surface area contributed by atoms with E-state index in [0.717, 1.165) is 0 Å². The lowest BCUT2D eigenvalue weighted by atomic mass is 10.2. The fraction of sp³-hybridized carbons (Fsp3) is 0.200. The van der Waals surface area contributed by atoms with Crippen molar-refractivity contribution in [2.75, 3.05) is 0 Å². The maximum atomic E-state index is 11.4. The number of nitrogens with one attached hydrogen (secondary N) is 1. The number of ether oxygens (including phenoxy) is 1. The van der Waals surface area contributed by atoms with E-state index >= 15 is 0 Å². The predicted molar refractivity (Wildman–Crippen MR) is 49.0 cm³/mol. The highest BCUT2D eigenvalue weighted by Crippen LogP contribution is 2.21. The van der Waals surface area contributed by atoms with Gasteiger partial charge >= 0.3 is 0 Å². The molecule has 0 fully saturated rings. The van der Waals surface area contributed by atoms with Crippen LogP contribution in [0.5, 0.6) is 5.75 Å². The van der Waals surface area contributed by atoms with Gasteiger partial charge in [0.05, 0.1) is 5.56 Å². The fourth-order valence-corrected chi connectivity index (χ4v) is 1.28. The number of hydrogen-bond acceptors (Lipinski definition) is 3. The van der Waals surface area contributed by atoms with Crippen LogP contribution in [0.25, 0.3) is 0 Å². The van der Waals surface area contributed by atoms with Gasteiger partial charge in [-0.2, -0.15) is 0 Å². The number of amides is 2. The molecule has 0 saturated carbocycles. The zero-order valence-electron chi connectivity index (χ0n) is 7.61. The summed E-state index contributed by atoms with van der Waals surface area (Å²) in [7, 11) is 0. The van der Waals surface area contributed by atoms with Gasteiger partial charge in [0.1, 0.15) is 5.75 Å². The highest BCUT2D eigenvalue weighted by Gasteiger charge is 2.25. The summed E-state index contributed by atoms with van der Waals surface area (Å²) in [5.41, 5.74) is 0.394. The third kappa shape index (κ3) is 1.35. The Morgan fingerprint density at radius 1 is 1.29 bits per heavy atom. The zero-order valence-corrected chi connectivity index (χ0v) is 7.61. The van der Waals surface area contributed by atoms with Crippen molar-refractivity contribution in [3.8, 4) is 5.75 Å². The van der Waals surface area contributed by atoms with Gasteiger partial charge in [-0.05, 0) is 19.1 Å². The first-order valence-electron chi connectivity index (χ1n) is 4.29. The Morgan fingerprint density at radius 2 is 2.00 bits per heavy atom. The lowest BCUT2D eigenvalue weighted by Crippen LogP contribution is -2.36. The molecule has 14 heavy (non-hydrogen) atoms. The van der Waals surface area contributed by atoms with E-state index in [1.807, 2.05) is 0 Å². The standard InChI is InChI=1S/C10H9NO3/c1-6-9(12)11-10(13)7-4-2-3-5-8(7)14-6/h2-6H,1H3,(H,11,12,13). The van der Waals surface area contributed by atoms with Crippen LogP contribution in [-0.4, -0.2) is 17.9 Å². The summed E-state index contributed by atoms with van der Waals surface area (Å²) in [5.74, 6) is -0.371. The molecule has 1 N–H and O–H groups in total. The SMILES string of the molecule is CC1Oc2ccccc2C(=O)NC1=O. The number of hydrogen-bond donors (Lipinski definition) is 1. The molecule has 1 aliphatic rings. The van der Waals surface area contributed by atoms with Crippen LogP contribution in [0.15, 0.2) is 24.3 Å². The summed E-state index contributed by atoms with van der Waals surface area (Å²) in [6.45, 7) is 1.60. The molecule has 1 atom stereocenters. The molecule has 1 unspecified atom stereocenters. The summed E-state index contributed by atoms with van der Waals surface area (Å²) in [6, 6.07) is 6.77. The van der Waals surface area contributed by atoms with Gasteiger partial charge in [0.25, 0.3) is 11.8 Å². The van der Waals surface area contributed by atoms with Crippen LogP contribution >= 0.6 is 0 Å². The first kappa shape index (κ1) is 8.74. The van der Waals surface area contributed by atoms with Crippen molar-refractivity contribution in [3.63, 3.8) is 0 Å². The molecule has 1 aromatic carbocycles. The average molecular weight is 191 g/mol. The molecule has 0 radical (unpaired) electrons. The maximum absolute atomic E-state index is 11.4. The Balaban J connectivity index is 2.48. The molecule has 2 rings (SSSR count). The molecule has 1 aliphatic heterocycles. The van der Waals surface area contributed by atoms with Crippen molar-refractivity contribution in [1.82, 2.24) is 5.32 Å². The van der Waals surface area contributed by atoms with E-state index in [-0.39, 0.29) is 0 Å². The minimum Gasteiger partial charge on any atom is -0.480 e. The zero-order chi connectivity index (χ0) is 10.1. The minimum atomic E-state index is -0.636. The second-order valence-corrected chi connectivity index (χ2v) is 3.07. The number of rotatable bonds is 0. The van der Waals surface area contributed by atoms with E-state index in [9.17, 15) is 9.59 Å². The van der Waals surface area contributed by atoms with Crippen molar-refractivity contribution < 1.29 is 14.3 Å². The molecule has 72 valence electrons. The molecule has 4 nitrogen and oxygen atoms in total. The minimum absolute atomic E-state index is 0.394. The molecule has 0 aliphatic carbocycles. The monoisotopic (exact) mass is 191 g/mol. The molecule has 1 heterocycles. The predicted octanol–water partition coefficient (Wildman–Crippen LogP) is 0.724. The van der Waals surface area contributed by atoms with Gasteiger partial charge < -0.3 is 4.74 Å². The second-order valence-electron chi connectivity index (χ2n) is 3.07. The maximum Gasteiger partial charge on any atom is 0.267 e. The largest absolute Gasteiger partial charge is 0.480 e. The Kier molecular flexibility index (Phi) is 1.96. The smallest absolute Gasteiger partial charge is 0.267 e. The van der Waals surface area contributed by atoms with Crippen molar-refractivity contribution in [1.29, 1.82) is 0 Å². The molecule has 0 spiro atoms. The molecule has 0 saturated heterocycles. The number of benzene rings is 1. The van der Waals surface area contributed by atoms with Crippen LogP contribution in [0.3, 0.4) is 0 Å². The Labute approximate surface area is 80.9 Å². The van der Waals surface area contributed by atoms with Gasteiger partial charge in [-0.1, -0.05) is 12.1 Å². The number of carbonyl (C=O) groups excluding carboxylic acids is 2. The molecular weight excluding hydrogens is 182 g/mol. The summed E-state index contributed by atoms with van der Waals surface area (Å²) in [6.07, 6.45) is -0.636. The normalized spacial score (nSPS) is 20.5. The van der Waals surface area contributed by atoms with Gasteiger partial charge in [-0.25, -0.2) is 0 Å². The summed E-state index contributed by atoms with van der Waals surface area (Å²) in [4.78, 5) is 22.7. The number of para-hydroxylation sites is 1. The van der Waals surface area contributed by atoms with Crippen LogP contribution in [0.4, 0.5) is 0 Å². The van der Waals surface area contributed by atoms with E-state index < -0.39 is 17.9 Å². The number of fused-ring (bicyclic) bond motifs is 1.